The van der Waals surface area contributed by atoms with Gasteiger partial charge in [0.1, 0.15) is 0 Å². The van der Waals surface area contributed by atoms with Crippen molar-refractivity contribution in [2.24, 2.45) is 0 Å². The number of carbonyl (C=O) groups excluding carboxylic acids is 1. The number of rotatable bonds is 6. The minimum Gasteiger partial charge on any atom is -0.377 e. The highest BCUT2D eigenvalue weighted by Gasteiger charge is 2.16. The van der Waals surface area contributed by atoms with Crippen molar-refractivity contribution in [1.82, 2.24) is 10.2 Å². The molecule has 0 radical (unpaired) electrons. The van der Waals surface area contributed by atoms with Crippen LogP contribution < -0.4 is 5.32 Å². The fourth-order valence-electron chi connectivity index (χ4n) is 2.29. The van der Waals surface area contributed by atoms with E-state index in [0.29, 0.717) is 23.1 Å². The Morgan fingerprint density at radius 1 is 1.45 bits per heavy atom. The number of benzene rings is 1. The van der Waals surface area contributed by atoms with Gasteiger partial charge in [0.25, 0.3) is 0 Å². The Hall–Kier alpha value is -0.520. The zero-order valence-corrected chi connectivity index (χ0v) is 14.8. The summed E-state index contributed by atoms with van der Waals surface area (Å²) >= 11 is 12.1. The van der Waals surface area contributed by atoms with Gasteiger partial charge in [0.05, 0.1) is 22.7 Å². The zero-order chi connectivity index (χ0) is 15.2. The minimum atomic E-state index is 0. The number of carbonyl (C=O) groups is 1. The van der Waals surface area contributed by atoms with Gasteiger partial charge in [-0.3, -0.25) is 4.79 Å². The van der Waals surface area contributed by atoms with E-state index in [0.717, 1.165) is 31.6 Å². The normalized spacial score (nSPS) is 17.1. The zero-order valence-electron chi connectivity index (χ0n) is 12.5. The van der Waals surface area contributed by atoms with Crippen molar-refractivity contribution < 1.29 is 9.53 Å². The lowest BCUT2D eigenvalue weighted by Gasteiger charge is -2.19. The van der Waals surface area contributed by atoms with Gasteiger partial charge < -0.3 is 15.0 Å². The van der Waals surface area contributed by atoms with Crippen molar-refractivity contribution in [3.63, 3.8) is 0 Å². The summed E-state index contributed by atoms with van der Waals surface area (Å²) in [5.74, 6) is 0.0176. The average Bonchev–Trinajstić information content (AvgIpc) is 2.97. The number of halogens is 3. The van der Waals surface area contributed by atoms with Crippen LogP contribution in [0.2, 0.25) is 10.0 Å². The molecule has 4 nitrogen and oxygen atoms in total. The van der Waals surface area contributed by atoms with Crippen LogP contribution >= 0.6 is 35.6 Å². The highest BCUT2D eigenvalue weighted by molar-refractivity contribution is 6.42. The van der Waals surface area contributed by atoms with Crippen LogP contribution in [0, 0.1) is 0 Å². The van der Waals surface area contributed by atoms with Crippen molar-refractivity contribution in [3.05, 3.63) is 33.8 Å². The van der Waals surface area contributed by atoms with Crippen molar-refractivity contribution in [1.29, 1.82) is 0 Å². The minimum absolute atomic E-state index is 0. The third-order valence-electron chi connectivity index (χ3n) is 3.54. The molecule has 7 heteroatoms. The fraction of sp³-hybridized carbons (Fsp3) is 0.533. The summed E-state index contributed by atoms with van der Waals surface area (Å²) in [6.45, 7) is 2.29. The molecule has 0 spiro atoms. The second-order valence-corrected chi connectivity index (χ2v) is 6.01. The average molecular weight is 368 g/mol. The Morgan fingerprint density at radius 2 is 2.23 bits per heavy atom. The van der Waals surface area contributed by atoms with E-state index in [4.69, 9.17) is 27.9 Å². The van der Waals surface area contributed by atoms with Crippen LogP contribution in [0.15, 0.2) is 18.2 Å². The quantitative estimate of drug-likeness (QED) is 0.840. The number of ether oxygens (including phenoxy) is 1. The molecule has 2 rings (SSSR count). The van der Waals surface area contributed by atoms with Gasteiger partial charge in [-0.1, -0.05) is 35.3 Å². The van der Waals surface area contributed by atoms with Gasteiger partial charge >= 0.3 is 0 Å². The van der Waals surface area contributed by atoms with Crippen molar-refractivity contribution in [2.45, 2.75) is 25.5 Å². The molecule has 1 aliphatic heterocycles. The summed E-state index contributed by atoms with van der Waals surface area (Å²) in [5, 5.41) is 4.16. The second-order valence-electron chi connectivity index (χ2n) is 5.23. The molecule has 1 aromatic rings. The van der Waals surface area contributed by atoms with E-state index in [-0.39, 0.29) is 24.4 Å². The van der Waals surface area contributed by atoms with Crippen molar-refractivity contribution in [3.8, 4) is 0 Å². The maximum Gasteiger partial charge on any atom is 0.236 e. The summed E-state index contributed by atoms with van der Waals surface area (Å²) in [7, 11) is 1.76. The topological polar surface area (TPSA) is 41.6 Å². The van der Waals surface area contributed by atoms with Crippen LogP contribution in [-0.4, -0.2) is 43.7 Å². The lowest BCUT2D eigenvalue weighted by Crippen LogP contribution is -2.38. The first kappa shape index (κ1) is 19.5. The first-order valence-electron chi connectivity index (χ1n) is 7.07. The standard InChI is InChI=1S/C15H20Cl2N2O2.ClH/c1-19(10-11-4-2-6-13(16)15(11)17)14(20)9-18-8-12-5-3-7-21-12;/h2,4,6,12,18H,3,5,7-10H2,1H3;1H. The smallest absolute Gasteiger partial charge is 0.236 e. The van der Waals surface area contributed by atoms with E-state index in [9.17, 15) is 4.79 Å². The van der Waals surface area contributed by atoms with Crippen LogP contribution in [-0.2, 0) is 16.1 Å². The molecular weight excluding hydrogens is 347 g/mol. The van der Waals surface area contributed by atoms with Gasteiger partial charge in [-0.05, 0) is 24.5 Å². The molecule has 0 bridgehead atoms. The van der Waals surface area contributed by atoms with Crippen LogP contribution in [0.3, 0.4) is 0 Å². The molecule has 1 fully saturated rings. The van der Waals surface area contributed by atoms with Crippen LogP contribution in [0.5, 0.6) is 0 Å². The summed E-state index contributed by atoms with van der Waals surface area (Å²) in [5.41, 5.74) is 0.846. The molecule has 0 aliphatic carbocycles. The van der Waals surface area contributed by atoms with E-state index >= 15 is 0 Å². The van der Waals surface area contributed by atoms with Crippen LogP contribution in [0.25, 0.3) is 0 Å². The third kappa shape index (κ3) is 5.60. The molecular formula is C15H21Cl3N2O2. The van der Waals surface area contributed by atoms with E-state index in [1.807, 2.05) is 12.1 Å². The van der Waals surface area contributed by atoms with Gasteiger partial charge in [0.2, 0.25) is 5.91 Å². The monoisotopic (exact) mass is 366 g/mol. The number of hydrogen-bond donors (Lipinski definition) is 1. The molecule has 1 aliphatic rings. The maximum absolute atomic E-state index is 12.1. The lowest BCUT2D eigenvalue weighted by atomic mass is 10.2. The Labute approximate surface area is 147 Å². The van der Waals surface area contributed by atoms with Crippen molar-refractivity contribution in [2.75, 3.05) is 26.7 Å². The number of hydrogen-bond acceptors (Lipinski definition) is 3. The molecule has 1 N–H and O–H groups in total. The summed E-state index contributed by atoms with van der Waals surface area (Å²) < 4.78 is 5.50. The third-order valence-corrected chi connectivity index (χ3v) is 4.40. The van der Waals surface area contributed by atoms with E-state index in [2.05, 4.69) is 5.32 Å². The van der Waals surface area contributed by atoms with E-state index < -0.39 is 0 Å². The molecule has 124 valence electrons. The molecule has 1 heterocycles. The number of amides is 1. The number of nitrogens with one attached hydrogen (secondary N) is 1. The Kier molecular flexibility index (Phi) is 8.50. The van der Waals surface area contributed by atoms with Crippen LogP contribution in [0.4, 0.5) is 0 Å². The molecule has 1 aromatic carbocycles. The second kappa shape index (κ2) is 9.58. The Balaban J connectivity index is 0.00000242. The first-order chi connectivity index (χ1) is 10.1. The maximum atomic E-state index is 12.1. The molecule has 1 atom stereocenters. The molecule has 1 saturated heterocycles. The number of likely N-dealkylation sites (N-methyl/N-ethyl adjacent to an activating group) is 1. The summed E-state index contributed by atoms with van der Waals surface area (Å²) in [4.78, 5) is 13.7. The van der Waals surface area contributed by atoms with E-state index in [1.54, 1.807) is 18.0 Å². The SMILES string of the molecule is CN(Cc1cccc(Cl)c1Cl)C(=O)CNCC1CCCO1.Cl. The predicted octanol–water partition coefficient (Wildman–Crippen LogP) is 3.14. The molecule has 1 unspecified atom stereocenters. The van der Waals surface area contributed by atoms with Crippen molar-refractivity contribution >= 4 is 41.5 Å². The van der Waals surface area contributed by atoms with Crippen LogP contribution in [0.1, 0.15) is 18.4 Å². The lowest BCUT2D eigenvalue weighted by molar-refractivity contribution is -0.129. The Bertz CT molecular complexity index is 494. The fourth-order valence-corrected chi connectivity index (χ4v) is 2.67. The highest BCUT2D eigenvalue weighted by atomic mass is 35.5. The van der Waals surface area contributed by atoms with E-state index in [1.165, 1.54) is 0 Å². The van der Waals surface area contributed by atoms with Gasteiger partial charge in [0.15, 0.2) is 0 Å². The highest BCUT2D eigenvalue weighted by Crippen LogP contribution is 2.26. The largest absolute Gasteiger partial charge is 0.377 e. The summed E-state index contributed by atoms with van der Waals surface area (Å²) in [6.07, 6.45) is 2.41. The van der Waals surface area contributed by atoms with Gasteiger partial charge in [-0.15, -0.1) is 12.4 Å². The van der Waals surface area contributed by atoms with Gasteiger partial charge in [-0.25, -0.2) is 0 Å². The molecule has 0 aromatic heterocycles. The Morgan fingerprint density at radius 3 is 2.91 bits per heavy atom. The predicted molar refractivity (Wildman–Crippen MR) is 92.0 cm³/mol. The molecule has 22 heavy (non-hydrogen) atoms. The molecule has 1 amide bonds. The molecule has 0 saturated carbocycles. The van der Waals surface area contributed by atoms with Gasteiger partial charge in [-0.2, -0.15) is 0 Å². The summed E-state index contributed by atoms with van der Waals surface area (Å²) in [6, 6.07) is 5.44. The van der Waals surface area contributed by atoms with Gasteiger partial charge in [0, 0.05) is 26.7 Å². The number of nitrogens with zero attached hydrogens (tertiary/aromatic N) is 1. The first-order valence-corrected chi connectivity index (χ1v) is 7.82.